The van der Waals surface area contributed by atoms with Crippen LogP contribution in [-0.2, 0) is 4.79 Å². The number of anilines is 1. The number of para-hydroxylation sites is 1. The van der Waals surface area contributed by atoms with Crippen molar-refractivity contribution in [1.29, 1.82) is 0 Å². The molecule has 0 spiro atoms. The molecule has 1 aliphatic heterocycles. The summed E-state index contributed by atoms with van der Waals surface area (Å²) in [5.41, 5.74) is 10.2. The maximum absolute atomic E-state index is 12.5. The first-order valence-electron chi connectivity index (χ1n) is 7.45. The van der Waals surface area contributed by atoms with E-state index in [1.807, 2.05) is 29.2 Å². The average Bonchev–Trinajstić information content (AvgIpc) is 2.50. The maximum atomic E-state index is 12.5. The Kier molecular flexibility index (Phi) is 4.02. The van der Waals surface area contributed by atoms with Gasteiger partial charge < -0.3 is 10.6 Å². The number of hydrogen-bond donors (Lipinski definition) is 1. The van der Waals surface area contributed by atoms with Crippen molar-refractivity contribution in [1.82, 2.24) is 0 Å². The summed E-state index contributed by atoms with van der Waals surface area (Å²) in [7, 11) is 0. The molecule has 3 nitrogen and oxygen atoms in total. The number of nitrogens with two attached hydrogens (primary N) is 1. The van der Waals surface area contributed by atoms with Gasteiger partial charge in [-0.2, -0.15) is 0 Å². The minimum Gasteiger partial charge on any atom is -0.330 e. The van der Waals surface area contributed by atoms with E-state index in [0.717, 1.165) is 24.1 Å². The first-order valence-corrected chi connectivity index (χ1v) is 7.45. The molecule has 0 aromatic heterocycles. The Balaban J connectivity index is 2.06. The third kappa shape index (κ3) is 2.83. The summed E-state index contributed by atoms with van der Waals surface area (Å²) in [6.45, 7) is 1.05. The van der Waals surface area contributed by atoms with E-state index >= 15 is 0 Å². The monoisotopic (exact) mass is 280 g/mol. The Bertz CT molecular complexity index is 640. The molecule has 1 aliphatic carbocycles. The van der Waals surface area contributed by atoms with Crippen LogP contribution < -0.4 is 10.6 Å². The van der Waals surface area contributed by atoms with Crippen LogP contribution in [0.15, 0.2) is 53.6 Å². The molecule has 1 aromatic carbocycles. The highest BCUT2D eigenvalue weighted by atomic mass is 16.2. The number of benzene rings is 1. The molecule has 0 fully saturated rings. The highest BCUT2D eigenvalue weighted by Crippen LogP contribution is 2.30. The minimum absolute atomic E-state index is 0.0988. The van der Waals surface area contributed by atoms with Crippen LogP contribution in [0.25, 0.3) is 6.08 Å². The van der Waals surface area contributed by atoms with Crippen LogP contribution in [-0.4, -0.2) is 19.0 Å². The van der Waals surface area contributed by atoms with Crippen molar-refractivity contribution >= 4 is 17.7 Å². The lowest BCUT2D eigenvalue weighted by Gasteiger charge is -2.29. The van der Waals surface area contributed by atoms with Gasteiger partial charge in [-0.3, -0.25) is 4.79 Å². The molecule has 0 bridgehead atoms. The van der Waals surface area contributed by atoms with E-state index in [1.165, 1.54) is 11.1 Å². The minimum atomic E-state index is 0.0988. The van der Waals surface area contributed by atoms with Crippen LogP contribution in [0.4, 0.5) is 5.69 Å². The quantitative estimate of drug-likeness (QED) is 0.905. The fourth-order valence-electron chi connectivity index (χ4n) is 2.88. The van der Waals surface area contributed by atoms with Crippen LogP contribution >= 0.6 is 0 Å². The van der Waals surface area contributed by atoms with Crippen molar-refractivity contribution in [2.75, 3.05) is 18.0 Å². The molecule has 1 heterocycles. The van der Waals surface area contributed by atoms with E-state index in [4.69, 9.17) is 5.73 Å². The van der Waals surface area contributed by atoms with Gasteiger partial charge in [-0.1, -0.05) is 42.5 Å². The van der Waals surface area contributed by atoms with Crippen LogP contribution in [0.1, 0.15) is 24.8 Å². The van der Waals surface area contributed by atoms with Crippen molar-refractivity contribution < 1.29 is 4.79 Å². The zero-order chi connectivity index (χ0) is 14.7. The zero-order valence-corrected chi connectivity index (χ0v) is 12.1. The highest BCUT2D eigenvalue weighted by Gasteiger charge is 2.21. The predicted molar refractivity (Wildman–Crippen MR) is 86.9 cm³/mol. The molecule has 1 amide bonds. The molecule has 3 heteroatoms. The largest absolute Gasteiger partial charge is 0.330 e. The molecule has 0 atom stereocenters. The van der Waals surface area contributed by atoms with E-state index in [-0.39, 0.29) is 5.91 Å². The summed E-state index contributed by atoms with van der Waals surface area (Å²) in [5, 5.41) is 0. The standard InChI is InChI=1S/C18H20N2O/c19-12-11-18(21)20-13-16-7-2-1-5-14(16)9-10-15-6-3-4-8-17(15)20/h1,3-6,8-10H,2,7,11-13,19H2/b10-9-. The Labute approximate surface area is 125 Å². The number of rotatable bonds is 2. The Morgan fingerprint density at radius 2 is 2.05 bits per heavy atom. The number of nitrogens with zero attached hydrogens (tertiary/aromatic N) is 1. The van der Waals surface area contributed by atoms with E-state index in [1.54, 1.807) is 0 Å². The smallest absolute Gasteiger partial charge is 0.228 e. The fourth-order valence-corrected chi connectivity index (χ4v) is 2.88. The van der Waals surface area contributed by atoms with Crippen molar-refractivity contribution in [2.45, 2.75) is 19.3 Å². The highest BCUT2D eigenvalue weighted by molar-refractivity contribution is 5.96. The molecule has 3 rings (SSSR count). The summed E-state index contributed by atoms with van der Waals surface area (Å²) in [6.07, 6.45) is 11.1. The average molecular weight is 280 g/mol. The number of amides is 1. The Morgan fingerprint density at radius 1 is 1.19 bits per heavy atom. The molecule has 2 N–H and O–H groups in total. The van der Waals surface area contributed by atoms with Crippen molar-refractivity contribution in [2.24, 2.45) is 5.73 Å². The Morgan fingerprint density at radius 3 is 2.90 bits per heavy atom. The van der Waals surface area contributed by atoms with Crippen LogP contribution in [0.2, 0.25) is 0 Å². The van der Waals surface area contributed by atoms with Crippen LogP contribution in [0.5, 0.6) is 0 Å². The summed E-state index contributed by atoms with van der Waals surface area (Å²) < 4.78 is 0. The predicted octanol–water partition coefficient (Wildman–Crippen LogP) is 3.04. The van der Waals surface area contributed by atoms with E-state index in [9.17, 15) is 4.79 Å². The van der Waals surface area contributed by atoms with Gasteiger partial charge in [0.25, 0.3) is 0 Å². The van der Waals surface area contributed by atoms with Gasteiger partial charge in [0.05, 0.1) is 5.69 Å². The summed E-state index contributed by atoms with van der Waals surface area (Å²) in [5.74, 6) is 0.0988. The first kappa shape index (κ1) is 13.8. The normalized spacial score (nSPS) is 18.6. The number of allylic oxidation sites excluding steroid dienone is 4. The van der Waals surface area contributed by atoms with Gasteiger partial charge in [0.15, 0.2) is 0 Å². The van der Waals surface area contributed by atoms with Gasteiger partial charge >= 0.3 is 0 Å². The molecular weight excluding hydrogens is 260 g/mol. The molecule has 21 heavy (non-hydrogen) atoms. The van der Waals surface area contributed by atoms with E-state index in [2.05, 4.69) is 24.3 Å². The van der Waals surface area contributed by atoms with Gasteiger partial charge in [-0.05, 0) is 35.6 Å². The molecular formula is C18H20N2O. The van der Waals surface area contributed by atoms with E-state index < -0.39 is 0 Å². The lowest BCUT2D eigenvalue weighted by Crippen LogP contribution is -2.35. The van der Waals surface area contributed by atoms with Crippen LogP contribution in [0, 0.1) is 0 Å². The van der Waals surface area contributed by atoms with Gasteiger partial charge in [0, 0.05) is 19.5 Å². The van der Waals surface area contributed by atoms with Gasteiger partial charge in [0.1, 0.15) is 0 Å². The summed E-state index contributed by atoms with van der Waals surface area (Å²) >= 11 is 0. The van der Waals surface area contributed by atoms with Crippen LogP contribution in [0.3, 0.4) is 0 Å². The summed E-state index contributed by atoms with van der Waals surface area (Å²) in [4.78, 5) is 14.4. The molecule has 1 aromatic rings. The van der Waals surface area contributed by atoms with Gasteiger partial charge in [0.2, 0.25) is 5.91 Å². The number of fused-ring (bicyclic) bond motifs is 1. The second-order valence-electron chi connectivity index (χ2n) is 5.41. The SMILES string of the molecule is NCCC(=O)N1CC2=C(C=CCC2)/C=C\c2ccccc21. The number of carbonyl (C=O) groups is 1. The van der Waals surface area contributed by atoms with E-state index in [0.29, 0.717) is 19.5 Å². The number of carbonyl (C=O) groups excluding carboxylic acids is 1. The second kappa shape index (κ2) is 6.10. The molecule has 108 valence electrons. The van der Waals surface area contributed by atoms with Crippen molar-refractivity contribution in [3.05, 3.63) is 59.2 Å². The molecule has 0 unspecified atom stereocenters. The van der Waals surface area contributed by atoms with Gasteiger partial charge in [-0.15, -0.1) is 0 Å². The molecule has 0 radical (unpaired) electrons. The fraction of sp³-hybridized carbons (Fsp3) is 0.278. The summed E-state index contributed by atoms with van der Waals surface area (Å²) in [6, 6.07) is 8.04. The molecule has 2 aliphatic rings. The van der Waals surface area contributed by atoms with Crippen molar-refractivity contribution in [3.8, 4) is 0 Å². The lowest BCUT2D eigenvalue weighted by atomic mass is 9.94. The van der Waals surface area contributed by atoms with Gasteiger partial charge in [-0.25, -0.2) is 0 Å². The topological polar surface area (TPSA) is 46.3 Å². The zero-order valence-electron chi connectivity index (χ0n) is 12.1. The first-order chi connectivity index (χ1) is 10.3. The Hall–Kier alpha value is -2.13. The maximum Gasteiger partial charge on any atom is 0.228 e. The third-order valence-electron chi connectivity index (χ3n) is 4.00. The number of hydrogen-bond acceptors (Lipinski definition) is 2. The van der Waals surface area contributed by atoms with Crippen molar-refractivity contribution in [3.63, 3.8) is 0 Å². The second-order valence-corrected chi connectivity index (χ2v) is 5.41. The third-order valence-corrected chi connectivity index (χ3v) is 4.00. The molecule has 0 saturated carbocycles. The lowest BCUT2D eigenvalue weighted by molar-refractivity contribution is -0.118. The molecule has 0 saturated heterocycles.